The second-order valence-electron chi connectivity index (χ2n) is 6.51. The molecule has 0 unspecified atom stereocenters. The zero-order valence-corrected chi connectivity index (χ0v) is 14.8. The monoisotopic (exact) mass is 374 g/mol. The number of anilines is 2. The molecule has 3 rings (SSSR count). The highest BCUT2D eigenvalue weighted by molar-refractivity contribution is 6.03. The number of hydrogen-bond acceptors (Lipinski definition) is 2. The van der Waals surface area contributed by atoms with Crippen LogP contribution < -0.4 is 10.2 Å². The molecule has 1 aliphatic heterocycles. The summed E-state index contributed by atoms with van der Waals surface area (Å²) in [5, 5.41) is 2.62. The Labute approximate surface area is 156 Å². The number of piperidine rings is 1. The minimum absolute atomic E-state index is 0.189. The van der Waals surface area contributed by atoms with E-state index in [1.54, 1.807) is 6.08 Å². The number of alkyl halides is 3. The van der Waals surface area contributed by atoms with Crippen LogP contribution in [0.1, 0.15) is 30.4 Å². The molecule has 0 aromatic heterocycles. The van der Waals surface area contributed by atoms with Crippen LogP contribution in [0.2, 0.25) is 0 Å². The van der Waals surface area contributed by atoms with Crippen LogP contribution in [0.3, 0.4) is 0 Å². The predicted octanol–water partition coefficient (Wildman–Crippen LogP) is 5.35. The van der Waals surface area contributed by atoms with Crippen molar-refractivity contribution in [1.82, 2.24) is 0 Å². The molecule has 0 saturated carbocycles. The molecule has 6 heteroatoms. The number of halogens is 3. The number of hydrogen-bond donors (Lipinski definition) is 1. The third-order valence-corrected chi connectivity index (χ3v) is 4.51. The van der Waals surface area contributed by atoms with Crippen molar-refractivity contribution < 1.29 is 18.0 Å². The van der Waals surface area contributed by atoms with Crippen LogP contribution in [0, 0.1) is 0 Å². The smallest absolute Gasteiger partial charge is 0.370 e. The Hall–Kier alpha value is -2.76. The maximum Gasteiger partial charge on any atom is 0.416 e. The van der Waals surface area contributed by atoms with Crippen LogP contribution in [0.25, 0.3) is 6.08 Å². The highest BCUT2D eigenvalue weighted by Gasteiger charge is 2.31. The van der Waals surface area contributed by atoms with Gasteiger partial charge in [-0.25, -0.2) is 0 Å². The number of carbonyl (C=O) groups is 1. The number of benzene rings is 2. The molecular formula is C21H21F3N2O. The fraction of sp³-hybridized carbons (Fsp3) is 0.286. The predicted molar refractivity (Wildman–Crippen MR) is 102 cm³/mol. The van der Waals surface area contributed by atoms with Crippen molar-refractivity contribution in [3.05, 3.63) is 65.7 Å². The molecule has 0 radical (unpaired) electrons. The van der Waals surface area contributed by atoms with Gasteiger partial charge in [-0.1, -0.05) is 30.3 Å². The molecule has 1 aliphatic rings. The van der Waals surface area contributed by atoms with Crippen LogP contribution >= 0.6 is 0 Å². The zero-order valence-electron chi connectivity index (χ0n) is 14.8. The molecule has 27 heavy (non-hydrogen) atoms. The topological polar surface area (TPSA) is 32.3 Å². The Kier molecular flexibility index (Phi) is 5.84. The van der Waals surface area contributed by atoms with Gasteiger partial charge in [-0.2, -0.15) is 13.2 Å². The number of nitrogens with zero attached hydrogens (tertiary/aromatic N) is 1. The van der Waals surface area contributed by atoms with Crippen LogP contribution in [-0.2, 0) is 11.0 Å². The molecular weight excluding hydrogens is 353 g/mol. The summed E-state index contributed by atoms with van der Waals surface area (Å²) in [7, 11) is 0. The van der Waals surface area contributed by atoms with Gasteiger partial charge in [0.1, 0.15) is 0 Å². The fourth-order valence-corrected chi connectivity index (χ4v) is 3.13. The van der Waals surface area contributed by atoms with E-state index in [-0.39, 0.29) is 5.69 Å². The highest BCUT2D eigenvalue weighted by Crippen LogP contribution is 2.36. The minimum atomic E-state index is -4.46. The normalized spacial score (nSPS) is 15.1. The van der Waals surface area contributed by atoms with Crippen molar-refractivity contribution in [2.45, 2.75) is 25.4 Å². The molecule has 1 heterocycles. The molecule has 0 atom stereocenters. The molecule has 1 amide bonds. The van der Waals surface area contributed by atoms with E-state index in [4.69, 9.17) is 0 Å². The Balaban J connectivity index is 1.84. The van der Waals surface area contributed by atoms with Crippen molar-refractivity contribution in [2.24, 2.45) is 0 Å². The molecule has 0 spiro atoms. The van der Waals surface area contributed by atoms with Gasteiger partial charge >= 0.3 is 6.18 Å². The molecule has 142 valence electrons. The first-order valence-corrected chi connectivity index (χ1v) is 8.94. The summed E-state index contributed by atoms with van der Waals surface area (Å²) >= 11 is 0. The van der Waals surface area contributed by atoms with Gasteiger partial charge in [0.25, 0.3) is 0 Å². The first-order valence-electron chi connectivity index (χ1n) is 8.94. The number of carbonyl (C=O) groups excluding carboxylic acids is 1. The van der Waals surface area contributed by atoms with Crippen molar-refractivity contribution in [2.75, 3.05) is 23.3 Å². The van der Waals surface area contributed by atoms with E-state index < -0.39 is 17.6 Å². The van der Waals surface area contributed by atoms with Gasteiger partial charge in [0.05, 0.1) is 16.9 Å². The van der Waals surface area contributed by atoms with E-state index in [2.05, 4.69) is 5.32 Å². The van der Waals surface area contributed by atoms with E-state index in [0.29, 0.717) is 5.69 Å². The van der Waals surface area contributed by atoms with Crippen molar-refractivity contribution in [3.63, 3.8) is 0 Å². The average Bonchev–Trinajstić information content (AvgIpc) is 2.67. The van der Waals surface area contributed by atoms with Gasteiger partial charge in [0.2, 0.25) is 5.91 Å². The van der Waals surface area contributed by atoms with Crippen LogP contribution in [0.4, 0.5) is 24.5 Å². The standard InChI is InChI=1S/C21H21F3N2O/c22-21(23,24)17-10-11-19(26-13-5-2-6-14-26)18(15-17)25-20(27)12-9-16-7-3-1-4-8-16/h1,3-4,7-12,15H,2,5-6,13-14H2,(H,25,27)/b12-9-. The van der Waals surface area contributed by atoms with Gasteiger partial charge in [-0.3, -0.25) is 4.79 Å². The van der Waals surface area contributed by atoms with Crippen molar-refractivity contribution in [3.8, 4) is 0 Å². The van der Waals surface area contributed by atoms with Gasteiger partial charge in [-0.05, 0) is 49.1 Å². The summed E-state index contributed by atoms with van der Waals surface area (Å²) in [6.45, 7) is 1.54. The molecule has 0 bridgehead atoms. The van der Waals surface area contributed by atoms with E-state index >= 15 is 0 Å². The Bertz CT molecular complexity index is 810. The summed E-state index contributed by atoms with van der Waals surface area (Å²) in [6, 6.07) is 12.8. The molecule has 2 aromatic rings. The lowest BCUT2D eigenvalue weighted by Gasteiger charge is -2.31. The van der Waals surface area contributed by atoms with Crippen molar-refractivity contribution >= 4 is 23.4 Å². The SMILES string of the molecule is O=C(/C=C\c1ccccc1)Nc1cc(C(F)(F)F)ccc1N1CCCCC1. The van der Waals surface area contributed by atoms with Crippen LogP contribution in [0.15, 0.2) is 54.6 Å². The number of amides is 1. The Morgan fingerprint density at radius 2 is 1.70 bits per heavy atom. The van der Waals surface area contributed by atoms with Crippen LogP contribution in [0.5, 0.6) is 0 Å². The second kappa shape index (κ2) is 8.29. The average molecular weight is 374 g/mol. The summed E-state index contributed by atoms with van der Waals surface area (Å²) in [4.78, 5) is 14.3. The fourth-order valence-electron chi connectivity index (χ4n) is 3.13. The van der Waals surface area contributed by atoms with E-state index in [0.717, 1.165) is 50.0 Å². The quantitative estimate of drug-likeness (QED) is 0.732. The van der Waals surface area contributed by atoms with Gasteiger partial charge in [-0.15, -0.1) is 0 Å². The highest BCUT2D eigenvalue weighted by atomic mass is 19.4. The summed E-state index contributed by atoms with van der Waals surface area (Å²) in [6.07, 6.45) is 1.59. The summed E-state index contributed by atoms with van der Waals surface area (Å²) < 4.78 is 39.3. The third kappa shape index (κ3) is 5.12. The maximum atomic E-state index is 13.1. The lowest BCUT2D eigenvalue weighted by atomic mass is 10.1. The third-order valence-electron chi connectivity index (χ3n) is 4.51. The number of nitrogens with one attached hydrogen (secondary N) is 1. The van der Waals surface area contributed by atoms with E-state index in [1.165, 1.54) is 12.1 Å². The Morgan fingerprint density at radius 1 is 1.00 bits per heavy atom. The lowest BCUT2D eigenvalue weighted by Crippen LogP contribution is -2.30. The lowest BCUT2D eigenvalue weighted by molar-refractivity contribution is -0.137. The van der Waals surface area contributed by atoms with Gasteiger partial charge < -0.3 is 10.2 Å². The Morgan fingerprint density at radius 3 is 2.37 bits per heavy atom. The summed E-state index contributed by atoms with van der Waals surface area (Å²) in [5.41, 5.74) is 0.886. The van der Waals surface area contributed by atoms with E-state index in [9.17, 15) is 18.0 Å². The molecule has 1 fully saturated rings. The van der Waals surface area contributed by atoms with E-state index in [1.807, 2.05) is 35.2 Å². The molecule has 3 nitrogen and oxygen atoms in total. The van der Waals surface area contributed by atoms with Gasteiger partial charge in [0, 0.05) is 19.2 Å². The molecule has 1 saturated heterocycles. The first kappa shape index (κ1) is 19.0. The maximum absolute atomic E-state index is 13.1. The van der Waals surface area contributed by atoms with Crippen molar-refractivity contribution in [1.29, 1.82) is 0 Å². The van der Waals surface area contributed by atoms with Gasteiger partial charge in [0.15, 0.2) is 0 Å². The van der Waals surface area contributed by atoms with Crippen LogP contribution in [-0.4, -0.2) is 19.0 Å². The minimum Gasteiger partial charge on any atom is -0.370 e. The molecule has 1 N–H and O–H groups in total. The second-order valence-corrected chi connectivity index (χ2v) is 6.51. The number of rotatable bonds is 4. The molecule has 2 aromatic carbocycles. The zero-order chi connectivity index (χ0) is 19.3. The first-order chi connectivity index (χ1) is 12.9. The molecule has 0 aliphatic carbocycles. The summed E-state index contributed by atoms with van der Waals surface area (Å²) in [5.74, 6) is -0.462. The largest absolute Gasteiger partial charge is 0.416 e.